The van der Waals surface area contributed by atoms with Gasteiger partial charge in [0.2, 0.25) is 10.0 Å². The summed E-state index contributed by atoms with van der Waals surface area (Å²) < 4.78 is 26.0. The zero-order valence-electron chi connectivity index (χ0n) is 13.6. The molecule has 1 amide bonds. The van der Waals surface area contributed by atoms with E-state index in [2.05, 4.69) is 0 Å². The van der Waals surface area contributed by atoms with Crippen LogP contribution in [0.4, 0.5) is 5.69 Å². The number of amides is 1. The number of rotatable bonds is 4. The zero-order valence-corrected chi connectivity index (χ0v) is 14.4. The fourth-order valence-corrected chi connectivity index (χ4v) is 4.63. The Kier molecular flexibility index (Phi) is 4.33. The number of anilines is 1. The van der Waals surface area contributed by atoms with E-state index in [1.165, 1.54) is 0 Å². The summed E-state index contributed by atoms with van der Waals surface area (Å²) in [5.41, 5.74) is 1.69. The van der Waals surface area contributed by atoms with Gasteiger partial charge in [0, 0.05) is 51.5 Å². The highest BCUT2D eigenvalue weighted by Crippen LogP contribution is 2.31. The molecule has 6 nitrogen and oxygen atoms in total. The Hall–Kier alpha value is -1.60. The van der Waals surface area contributed by atoms with E-state index in [0.29, 0.717) is 31.7 Å². The summed E-state index contributed by atoms with van der Waals surface area (Å²) in [6.45, 7) is 1.72. The number of hydrogen-bond acceptors (Lipinski definition) is 4. The van der Waals surface area contributed by atoms with E-state index < -0.39 is 10.0 Å². The lowest BCUT2D eigenvalue weighted by Gasteiger charge is -2.34. The van der Waals surface area contributed by atoms with Crippen molar-refractivity contribution in [3.8, 4) is 0 Å². The third-order valence-corrected chi connectivity index (χ3v) is 6.86. The second-order valence-corrected chi connectivity index (χ2v) is 8.59. The Morgan fingerprint density at radius 3 is 2.09 bits per heavy atom. The number of carbonyl (C=O) groups excluding carboxylic acids is 1. The maximum atomic E-state index is 12.5. The smallest absolute Gasteiger partial charge is 0.253 e. The molecule has 0 aromatic heterocycles. The summed E-state index contributed by atoms with van der Waals surface area (Å²) in [4.78, 5) is 16.2. The molecule has 0 bridgehead atoms. The standard InChI is InChI=1S/C16H23N3O3S/c1-17(2)14-5-3-13(4-6-14)16(20)18-9-11-19(12-10-18)23(21,22)15-7-8-15/h3-6,15H,7-12H2,1-2H3. The highest BCUT2D eigenvalue weighted by molar-refractivity contribution is 7.90. The summed E-state index contributed by atoms with van der Waals surface area (Å²) in [5.74, 6) is -0.0289. The van der Waals surface area contributed by atoms with Gasteiger partial charge in [0.15, 0.2) is 0 Å². The first-order valence-electron chi connectivity index (χ1n) is 7.95. The molecule has 0 atom stereocenters. The van der Waals surface area contributed by atoms with Crippen molar-refractivity contribution in [2.45, 2.75) is 18.1 Å². The number of nitrogens with zero attached hydrogens (tertiary/aromatic N) is 3. The minimum Gasteiger partial charge on any atom is -0.378 e. The van der Waals surface area contributed by atoms with Crippen LogP contribution < -0.4 is 4.90 Å². The molecule has 1 heterocycles. The van der Waals surface area contributed by atoms with E-state index in [0.717, 1.165) is 18.5 Å². The average molecular weight is 337 g/mol. The normalized spacial score (nSPS) is 19.7. The first-order chi connectivity index (χ1) is 10.9. The largest absolute Gasteiger partial charge is 0.378 e. The first-order valence-corrected chi connectivity index (χ1v) is 9.45. The molecule has 1 aliphatic heterocycles. The van der Waals surface area contributed by atoms with Gasteiger partial charge in [0.05, 0.1) is 5.25 Å². The van der Waals surface area contributed by atoms with E-state index >= 15 is 0 Å². The van der Waals surface area contributed by atoms with Crippen molar-refractivity contribution >= 4 is 21.6 Å². The Bertz CT molecular complexity index is 673. The van der Waals surface area contributed by atoms with E-state index in [1.807, 2.05) is 43.3 Å². The molecule has 7 heteroatoms. The summed E-state index contributed by atoms with van der Waals surface area (Å²) in [6.07, 6.45) is 1.55. The van der Waals surface area contributed by atoms with Crippen LogP contribution >= 0.6 is 0 Å². The van der Waals surface area contributed by atoms with E-state index in [9.17, 15) is 13.2 Å². The summed E-state index contributed by atoms with van der Waals surface area (Å²) in [6, 6.07) is 7.48. The zero-order chi connectivity index (χ0) is 16.6. The van der Waals surface area contributed by atoms with Crippen LogP contribution in [0.25, 0.3) is 0 Å². The average Bonchev–Trinajstić information content (AvgIpc) is 3.40. The Morgan fingerprint density at radius 1 is 1.04 bits per heavy atom. The molecule has 2 aliphatic rings. The first kappa shape index (κ1) is 16.3. The van der Waals surface area contributed by atoms with Gasteiger partial charge in [0.25, 0.3) is 5.91 Å². The molecule has 1 saturated heterocycles. The minimum absolute atomic E-state index is 0.0289. The molecule has 23 heavy (non-hydrogen) atoms. The number of benzene rings is 1. The Labute approximate surface area is 137 Å². The maximum absolute atomic E-state index is 12.5. The van der Waals surface area contributed by atoms with E-state index in [-0.39, 0.29) is 11.2 Å². The van der Waals surface area contributed by atoms with Gasteiger partial charge in [-0.15, -0.1) is 0 Å². The molecular formula is C16H23N3O3S. The summed E-state index contributed by atoms with van der Waals surface area (Å²) in [7, 11) is 0.782. The van der Waals surface area contributed by atoms with Crippen LogP contribution in [0.5, 0.6) is 0 Å². The van der Waals surface area contributed by atoms with Crippen molar-refractivity contribution in [1.82, 2.24) is 9.21 Å². The third kappa shape index (κ3) is 3.35. The molecule has 1 aromatic rings. The minimum atomic E-state index is -3.13. The fourth-order valence-electron chi connectivity index (χ4n) is 2.81. The summed E-state index contributed by atoms with van der Waals surface area (Å²) >= 11 is 0. The van der Waals surface area contributed by atoms with Crippen LogP contribution in [0.2, 0.25) is 0 Å². The van der Waals surface area contributed by atoms with Gasteiger partial charge in [0.1, 0.15) is 0 Å². The van der Waals surface area contributed by atoms with E-state index in [4.69, 9.17) is 0 Å². The second kappa shape index (κ2) is 6.13. The highest BCUT2D eigenvalue weighted by atomic mass is 32.2. The number of carbonyl (C=O) groups is 1. The molecule has 1 aliphatic carbocycles. The van der Waals surface area contributed by atoms with Crippen molar-refractivity contribution in [2.24, 2.45) is 0 Å². The highest BCUT2D eigenvalue weighted by Gasteiger charge is 2.41. The topological polar surface area (TPSA) is 60.9 Å². The van der Waals surface area contributed by atoms with Crippen LogP contribution in [0.3, 0.4) is 0 Å². The number of sulfonamides is 1. The van der Waals surface area contributed by atoms with Crippen molar-refractivity contribution in [3.63, 3.8) is 0 Å². The van der Waals surface area contributed by atoms with Gasteiger partial charge >= 0.3 is 0 Å². The van der Waals surface area contributed by atoms with Gasteiger partial charge in [-0.05, 0) is 37.1 Å². The van der Waals surface area contributed by atoms with Crippen molar-refractivity contribution < 1.29 is 13.2 Å². The predicted molar refractivity (Wildman–Crippen MR) is 90.2 cm³/mol. The molecule has 1 aromatic carbocycles. The maximum Gasteiger partial charge on any atom is 0.253 e. The molecule has 1 saturated carbocycles. The number of hydrogen-bond donors (Lipinski definition) is 0. The Balaban J connectivity index is 1.61. The molecule has 0 N–H and O–H groups in total. The second-order valence-electron chi connectivity index (χ2n) is 6.38. The van der Waals surface area contributed by atoms with Crippen LogP contribution in [-0.2, 0) is 10.0 Å². The van der Waals surface area contributed by atoms with Gasteiger partial charge in [-0.3, -0.25) is 4.79 Å². The fraction of sp³-hybridized carbons (Fsp3) is 0.562. The van der Waals surface area contributed by atoms with Crippen LogP contribution in [0.1, 0.15) is 23.2 Å². The molecule has 0 unspecified atom stereocenters. The molecule has 126 valence electrons. The lowest BCUT2D eigenvalue weighted by molar-refractivity contribution is 0.0698. The summed E-state index contributed by atoms with van der Waals surface area (Å²) in [5, 5.41) is -0.177. The molecule has 3 rings (SSSR count). The monoisotopic (exact) mass is 337 g/mol. The SMILES string of the molecule is CN(C)c1ccc(C(=O)N2CCN(S(=O)(=O)C3CC3)CC2)cc1. The lowest BCUT2D eigenvalue weighted by Crippen LogP contribution is -2.51. The Morgan fingerprint density at radius 2 is 1.61 bits per heavy atom. The molecule has 0 radical (unpaired) electrons. The van der Waals surface area contributed by atoms with Crippen LogP contribution in [-0.4, -0.2) is 69.1 Å². The van der Waals surface area contributed by atoms with Crippen molar-refractivity contribution in [1.29, 1.82) is 0 Å². The van der Waals surface area contributed by atoms with Gasteiger partial charge in [-0.25, -0.2) is 8.42 Å². The van der Waals surface area contributed by atoms with E-state index in [1.54, 1.807) is 9.21 Å². The van der Waals surface area contributed by atoms with Gasteiger partial charge in [-0.1, -0.05) is 0 Å². The predicted octanol–water partition coefficient (Wildman–Crippen LogP) is 1.00. The van der Waals surface area contributed by atoms with Gasteiger partial charge < -0.3 is 9.80 Å². The van der Waals surface area contributed by atoms with Crippen LogP contribution in [0, 0.1) is 0 Å². The molecule has 2 fully saturated rings. The van der Waals surface area contributed by atoms with Gasteiger partial charge in [-0.2, -0.15) is 4.31 Å². The molecular weight excluding hydrogens is 314 g/mol. The quantitative estimate of drug-likeness (QED) is 0.822. The van der Waals surface area contributed by atoms with Crippen molar-refractivity contribution in [3.05, 3.63) is 29.8 Å². The van der Waals surface area contributed by atoms with Crippen molar-refractivity contribution in [2.75, 3.05) is 45.2 Å². The lowest BCUT2D eigenvalue weighted by atomic mass is 10.1. The third-order valence-electron chi connectivity index (χ3n) is 4.46. The molecule has 0 spiro atoms. The van der Waals surface area contributed by atoms with Crippen LogP contribution in [0.15, 0.2) is 24.3 Å². The number of piperazine rings is 1.